The van der Waals surface area contributed by atoms with Gasteiger partial charge in [-0.3, -0.25) is 4.79 Å². The molecule has 6 nitrogen and oxygen atoms in total. The van der Waals surface area contributed by atoms with Crippen LogP contribution in [0.4, 0.5) is 5.69 Å². The van der Waals surface area contributed by atoms with Gasteiger partial charge in [0.2, 0.25) is 5.91 Å². The number of benzene rings is 1. The first kappa shape index (κ1) is 19.2. The van der Waals surface area contributed by atoms with Crippen LogP contribution in [0.15, 0.2) is 24.3 Å². The number of anilines is 1. The largest absolute Gasteiger partial charge is 0.491 e. The monoisotopic (exact) mass is 381 g/mol. The molecule has 3 rings (SSSR count). The summed E-state index contributed by atoms with van der Waals surface area (Å²) in [6.07, 6.45) is 5.67. The van der Waals surface area contributed by atoms with Gasteiger partial charge in [-0.2, -0.15) is 0 Å². The molecule has 1 aromatic carbocycles. The molecular weight excluding hydrogens is 354 g/mol. The van der Waals surface area contributed by atoms with Crippen molar-refractivity contribution < 1.29 is 22.7 Å². The van der Waals surface area contributed by atoms with Crippen molar-refractivity contribution in [2.75, 3.05) is 24.3 Å². The number of nitrogens with one attached hydrogen (secondary N) is 1. The van der Waals surface area contributed by atoms with Gasteiger partial charge >= 0.3 is 0 Å². The van der Waals surface area contributed by atoms with Gasteiger partial charge < -0.3 is 14.8 Å². The highest BCUT2D eigenvalue weighted by Crippen LogP contribution is 2.25. The molecule has 1 amide bonds. The Morgan fingerprint density at radius 2 is 1.85 bits per heavy atom. The molecule has 0 aromatic heterocycles. The fourth-order valence-electron chi connectivity index (χ4n) is 3.47. The van der Waals surface area contributed by atoms with Crippen LogP contribution in [-0.4, -0.2) is 44.6 Å². The highest BCUT2D eigenvalue weighted by molar-refractivity contribution is 7.92. The van der Waals surface area contributed by atoms with Gasteiger partial charge in [-0.25, -0.2) is 8.42 Å². The third kappa shape index (κ3) is 5.45. The topological polar surface area (TPSA) is 81.7 Å². The van der Waals surface area contributed by atoms with E-state index >= 15 is 0 Å². The summed E-state index contributed by atoms with van der Waals surface area (Å²) < 4.78 is 35.6. The lowest BCUT2D eigenvalue weighted by atomic mass is 10.2. The summed E-state index contributed by atoms with van der Waals surface area (Å²) in [7, 11) is -3.16. The molecule has 26 heavy (non-hydrogen) atoms. The van der Waals surface area contributed by atoms with Gasteiger partial charge in [0.05, 0.1) is 17.1 Å². The van der Waals surface area contributed by atoms with Gasteiger partial charge in [0.15, 0.2) is 9.84 Å². The minimum atomic E-state index is -3.16. The molecular formula is C19H27NO5S. The zero-order chi connectivity index (χ0) is 18.4. The highest BCUT2D eigenvalue weighted by Gasteiger charge is 2.28. The summed E-state index contributed by atoms with van der Waals surface area (Å²) in [5, 5.41) is 2.49. The van der Waals surface area contributed by atoms with Gasteiger partial charge in [0.25, 0.3) is 0 Å². The maximum atomic E-state index is 12.2. The number of amides is 1. The first-order valence-electron chi connectivity index (χ1n) is 9.39. The van der Waals surface area contributed by atoms with Crippen molar-refractivity contribution in [3.05, 3.63) is 24.3 Å². The molecule has 1 unspecified atom stereocenters. The second kappa shape index (κ2) is 8.86. The van der Waals surface area contributed by atoms with Crippen molar-refractivity contribution in [1.82, 2.24) is 0 Å². The van der Waals surface area contributed by atoms with E-state index in [1.165, 1.54) is 0 Å². The van der Waals surface area contributed by atoms with Gasteiger partial charge in [0, 0.05) is 18.7 Å². The van der Waals surface area contributed by atoms with Crippen LogP contribution in [0.3, 0.4) is 0 Å². The van der Waals surface area contributed by atoms with Crippen molar-refractivity contribution >= 4 is 21.4 Å². The van der Waals surface area contributed by atoms with Crippen molar-refractivity contribution in [3.8, 4) is 5.75 Å². The molecule has 2 fully saturated rings. The molecule has 1 aromatic rings. The average molecular weight is 381 g/mol. The Balaban J connectivity index is 1.42. The van der Waals surface area contributed by atoms with Gasteiger partial charge in [-0.05, 0) is 49.9 Å². The number of hydrogen-bond donors (Lipinski definition) is 1. The van der Waals surface area contributed by atoms with E-state index in [-0.39, 0.29) is 29.4 Å². The minimum Gasteiger partial charge on any atom is -0.491 e. The molecule has 1 atom stereocenters. The van der Waals surface area contributed by atoms with E-state index in [0.29, 0.717) is 12.3 Å². The Morgan fingerprint density at radius 3 is 2.50 bits per heavy atom. The molecule has 0 radical (unpaired) electrons. The second-order valence-electron chi connectivity index (χ2n) is 7.04. The average Bonchev–Trinajstić information content (AvgIpc) is 3.33. The Morgan fingerprint density at radius 1 is 1.12 bits per heavy atom. The van der Waals surface area contributed by atoms with Crippen LogP contribution >= 0.6 is 0 Å². The summed E-state index contributed by atoms with van der Waals surface area (Å²) >= 11 is 0. The highest BCUT2D eigenvalue weighted by atomic mass is 32.2. The number of hydrogen-bond acceptors (Lipinski definition) is 5. The number of carbonyl (C=O) groups is 1. The van der Waals surface area contributed by atoms with Gasteiger partial charge in [-0.15, -0.1) is 0 Å². The maximum Gasteiger partial charge on any atom is 0.225 e. The van der Waals surface area contributed by atoms with Crippen LogP contribution in [0, 0.1) is 0 Å². The molecule has 1 saturated heterocycles. The van der Waals surface area contributed by atoms with Gasteiger partial charge in [-0.1, -0.05) is 12.8 Å². The van der Waals surface area contributed by atoms with Crippen molar-refractivity contribution in [1.29, 1.82) is 0 Å². The molecule has 0 spiro atoms. The Hall–Kier alpha value is -1.60. The Bertz CT molecular complexity index is 689. The minimum absolute atomic E-state index is 0.00387. The quantitative estimate of drug-likeness (QED) is 0.749. The zero-order valence-corrected chi connectivity index (χ0v) is 15.8. The fraction of sp³-hybridized carbons (Fsp3) is 0.632. The lowest BCUT2D eigenvalue weighted by Gasteiger charge is -2.12. The summed E-state index contributed by atoms with van der Waals surface area (Å²) in [4.78, 5) is 12.0. The van der Waals surface area contributed by atoms with Crippen molar-refractivity contribution in [2.24, 2.45) is 0 Å². The Labute approximate surface area is 155 Å². The van der Waals surface area contributed by atoms with Crippen LogP contribution < -0.4 is 10.1 Å². The summed E-state index contributed by atoms with van der Waals surface area (Å²) in [6.45, 7) is 1.33. The van der Waals surface area contributed by atoms with Crippen LogP contribution in [0.1, 0.15) is 44.9 Å². The number of sulfone groups is 1. The van der Waals surface area contributed by atoms with Gasteiger partial charge in [0.1, 0.15) is 12.4 Å². The molecule has 2 aliphatic rings. The standard InChI is InChI=1S/C19H27NO5S/c21-19(11-13-26(22,23)18-5-1-2-6-18)20-15-7-9-16(10-8-15)25-14-17-4-3-12-24-17/h7-10,17-18H,1-6,11-14H2,(H,20,21). The predicted octanol–water partition coefficient (Wildman–Crippen LogP) is 2.93. The first-order chi connectivity index (χ1) is 12.5. The number of carbonyl (C=O) groups excluding carboxylic acids is 1. The fourth-order valence-corrected chi connectivity index (χ4v) is 5.33. The van der Waals surface area contributed by atoms with E-state index in [1.807, 2.05) is 0 Å². The van der Waals surface area contributed by atoms with E-state index in [1.54, 1.807) is 24.3 Å². The lowest BCUT2D eigenvalue weighted by molar-refractivity contribution is -0.115. The van der Waals surface area contributed by atoms with Crippen LogP contribution in [0.2, 0.25) is 0 Å². The summed E-state index contributed by atoms with van der Waals surface area (Å²) in [5.74, 6) is 0.369. The van der Waals surface area contributed by atoms with E-state index in [0.717, 1.165) is 50.9 Å². The van der Waals surface area contributed by atoms with Crippen molar-refractivity contribution in [2.45, 2.75) is 56.3 Å². The second-order valence-corrected chi connectivity index (χ2v) is 9.44. The molecule has 144 valence electrons. The smallest absolute Gasteiger partial charge is 0.225 e. The lowest BCUT2D eigenvalue weighted by Crippen LogP contribution is -2.24. The Kier molecular flexibility index (Phi) is 6.53. The molecule has 1 heterocycles. The molecule has 1 aliphatic carbocycles. The van der Waals surface area contributed by atoms with E-state index < -0.39 is 9.84 Å². The summed E-state index contributed by atoms with van der Waals surface area (Å²) in [6, 6.07) is 7.10. The van der Waals surface area contributed by atoms with E-state index in [2.05, 4.69) is 5.32 Å². The maximum absolute atomic E-state index is 12.2. The van der Waals surface area contributed by atoms with E-state index in [9.17, 15) is 13.2 Å². The molecule has 0 bridgehead atoms. The third-order valence-electron chi connectivity index (χ3n) is 5.02. The number of ether oxygens (including phenoxy) is 2. The summed E-state index contributed by atoms with van der Waals surface area (Å²) in [5.41, 5.74) is 0.637. The first-order valence-corrected chi connectivity index (χ1v) is 11.1. The molecule has 7 heteroatoms. The van der Waals surface area contributed by atoms with Crippen molar-refractivity contribution in [3.63, 3.8) is 0 Å². The van der Waals surface area contributed by atoms with Crippen LogP contribution in [0.25, 0.3) is 0 Å². The van der Waals surface area contributed by atoms with Crippen LogP contribution in [-0.2, 0) is 19.4 Å². The predicted molar refractivity (Wildman–Crippen MR) is 100 cm³/mol. The number of rotatable bonds is 8. The zero-order valence-electron chi connectivity index (χ0n) is 15.0. The van der Waals surface area contributed by atoms with E-state index in [4.69, 9.17) is 9.47 Å². The molecule has 1 N–H and O–H groups in total. The molecule has 1 saturated carbocycles. The molecule has 1 aliphatic heterocycles. The normalized spacial score (nSPS) is 21.0. The van der Waals surface area contributed by atoms with Crippen LogP contribution in [0.5, 0.6) is 5.75 Å². The SMILES string of the molecule is O=C(CCS(=O)(=O)C1CCCC1)Nc1ccc(OCC2CCCO2)cc1. The third-order valence-corrected chi connectivity index (χ3v) is 7.28.